The van der Waals surface area contributed by atoms with E-state index in [0.29, 0.717) is 6.04 Å². The third-order valence-corrected chi connectivity index (χ3v) is 4.18. The number of hydrogen-bond donors (Lipinski definition) is 0. The molecule has 3 heteroatoms. The highest BCUT2D eigenvalue weighted by molar-refractivity contribution is 5.85. The first-order valence-corrected chi connectivity index (χ1v) is 7.06. The summed E-state index contributed by atoms with van der Waals surface area (Å²) in [5.41, 5.74) is 2.49. The lowest BCUT2D eigenvalue weighted by atomic mass is 9.82. The van der Waals surface area contributed by atoms with Crippen molar-refractivity contribution in [3.05, 3.63) is 35.4 Å². The number of amides is 1. The average molecular weight is 254 g/mol. The lowest BCUT2D eigenvalue weighted by Crippen LogP contribution is -2.38. The van der Waals surface area contributed by atoms with Gasteiger partial charge in [-0.1, -0.05) is 24.3 Å². The van der Waals surface area contributed by atoms with E-state index in [1.807, 2.05) is 12.1 Å². The van der Waals surface area contributed by atoms with Crippen molar-refractivity contribution in [2.24, 2.45) is 0 Å². The standard InChI is InChI=1S/C16H18N2O/c17-10-11-18(13-8-9-13)16(19)15-7-3-5-12-4-1-2-6-14(12)15/h1-2,4,6,13,15H,3,5,7-9,11H2/t15-/m1/s1. The van der Waals surface area contributed by atoms with E-state index < -0.39 is 0 Å². The molecule has 1 amide bonds. The van der Waals surface area contributed by atoms with E-state index in [2.05, 4.69) is 18.2 Å². The van der Waals surface area contributed by atoms with Crippen LogP contribution in [0.5, 0.6) is 0 Å². The number of benzene rings is 1. The molecule has 0 saturated heterocycles. The Labute approximate surface area is 113 Å². The van der Waals surface area contributed by atoms with Gasteiger partial charge in [0.25, 0.3) is 0 Å². The Kier molecular flexibility index (Phi) is 3.25. The minimum Gasteiger partial charge on any atom is -0.326 e. The summed E-state index contributed by atoms with van der Waals surface area (Å²) in [7, 11) is 0. The molecule has 3 rings (SSSR count). The minimum absolute atomic E-state index is 0.0288. The fourth-order valence-electron chi connectivity index (χ4n) is 3.06. The van der Waals surface area contributed by atoms with E-state index in [4.69, 9.17) is 5.26 Å². The Bertz CT molecular complexity index is 528. The van der Waals surface area contributed by atoms with Crippen LogP contribution in [0.25, 0.3) is 0 Å². The second kappa shape index (κ2) is 5.05. The summed E-state index contributed by atoms with van der Waals surface area (Å²) in [5, 5.41) is 8.91. The van der Waals surface area contributed by atoms with E-state index in [9.17, 15) is 4.79 Å². The fourth-order valence-corrected chi connectivity index (χ4v) is 3.06. The van der Waals surface area contributed by atoms with Crippen LogP contribution in [0.1, 0.15) is 42.7 Å². The molecule has 0 radical (unpaired) electrons. The molecule has 1 atom stereocenters. The van der Waals surface area contributed by atoms with Gasteiger partial charge in [-0.25, -0.2) is 0 Å². The summed E-state index contributed by atoms with van der Waals surface area (Å²) in [6, 6.07) is 10.7. The lowest BCUT2D eigenvalue weighted by molar-refractivity contribution is -0.133. The van der Waals surface area contributed by atoms with Gasteiger partial charge < -0.3 is 4.90 Å². The molecular weight excluding hydrogens is 236 g/mol. The second-order valence-corrected chi connectivity index (χ2v) is 5.50. The average Bonchev–Trinajstić information content (AvgIpc) is 3.28. The van der Waals surface area contributed by atoms with Gasteiger partial charge in [0.15, 0.2) is 0 Å². The van der Waals surface area contributed by atoms with Crippen molar-refractivity contribution in [3.8, 4) is 6.07 Å². The fraction of sp³-hybridized carbons (Fsp3) is 0.500. The zero-order valence-corrected chi connectivity index (χ0v) is 11.0. The molecular formula is C16H18N2O. The van der Waals surface area contributed by atoms with Gasteiger partial charge in [0.2, 0.25) is 5.91 Å². The summed E-state index contributed by atoms with van der Waals surface area (Å²) in [6.07, 6.45) is 5.17. The van der Waals surface area contributed by atoms with Gasteiger partial charge in [0, 0.05) is 6.04 Å². The Morgan fingerprint density at radius 2 is 2.11 bits per heavy atom. The van der Waals surface area contributed by atoms with E-state index in [1.165, 1.54) is 11.1 Å². The maximum atomic E-state index is 12.7. The molecule has 0 aliphatic heterocycles. The summed E-state index contributed by atoms with van der Waals surface area (Å²) in [6.45, 7) is 0.238. The van der Waals surface area contributed by atoms with Gasteiger partial charge in [0.1, 0.15) is 6.54 Å². The smallest absolute Gasteiger partial charge is 0.231 e. The molecule has 98 valence electrons. The molecule has 3 nitrogen and oxygen atoms in total. The predicted molar refractivity (Wildman–Crippen MR) is 72.5 cm³/mol. The normalized spacial score (nSPS) is 21.3. The van der Waals surface area contributed by atoms with Gasteiger partial charge in [0.05, 0.1) is 12.0 Å². The zero-order valence-electron chi connectivity index (χ0n) is 11.0. The zero-order chi connectivity index (χ0) is 13.2. The quantitative estimate of drug-likeness (QED) is 0.778. The molecule has 0 N–H and O–H groups in total. The van der Waals surface area contributed by atoms with Crippen LogP contribution in [-0.2, 0) is 11.2 Å². The van der Waals surface area contributed by atoms with Crippen LogP contribution in [0.15, 0.2) is 24.3 Å². The van der Waals surface area contributed by atoms with E-state index in [0.717, 1.165) is 32.1 Å². The first-order valence-electron chi connectivity index (χ1n) is 7.06. The molecule has 2 aliphatic rings. The van der Waals surface area contributed by atoms with Gasteiger partial charge in [-0.2, -0.15) is 5.26 Å². The van der Waals surface area contributed by atoms with Gasteiger partial charge in [-0.3, -0.25) is 4.79 Å². The maximum Gasteiger partial charge on any atom is 0.231 e. The summed E-state index contributed by atoms with van der Waals surface area (Å²) >= 11 is 0. The highest BCUT2D eigenvalue weighted by atomic mass is 16.2. The summed E-state index contributed by atoms with van der Waals surface area (Å²) < 4.78 is 0. The number of aryl methyl sites for hydroxylation is 1. The molecule has 0 spiro atoms. The predicted octanol–water partition coefficient (Wildman–Crippen LogP) is 2.62. The molecule has 1 aromatic carbocycles. The van der Waals surface area contributed by atoms with Crippen molar-refractivity contribution in [3.63, 3.8) is 0 Å². The highest BCUT2D eigenvalue weighted by Crippen LogP contribution is 2.36. The largest absolute Gasteiger partial charge is 0.326 e. The first kappa shape index (κ1) is 12.2. The second-order valence-electron chi connectivity index (χ2n) is 5.50. The molecule has 1 saturated carbocycles. The van der Waals surface area contributed by atoms with Crippen LogP contribution in [0.2, 0.25) is 0 Å². The third-order valence-electron chi connectivity index (χ3n) is 4.18. The first-order chi connectivity index (χ1) is 9.31. The molecule has 2 aliphatic carbocycles. The number of fused-ring (bicyclic) bond motifs is 1. The Hall–Kier alpha value is -1.82. The molecule has 0 bridgehead atoms. The SMILES string of the molecule is N#CCN(C(=O)[C@@H]1CCCc2ccccc21)C1CC1. The number of carbonyl (C=O) groups excluding carboxylic acids is 1. The van der Waals surface area contributed by atoms with Crippen molar-refractivity contribution < 1.29 is 4.79 Å². The van der Waals surface area contributed by atoms with E-state index in [1.54, 1.807) is 4.90 Å². The molecule has 1 fully saturated rings. The topological polar surface area (TPSA) is 44.1 Å². The highest BCUT2D eigenvalue weighted by Gasteiger charge is 2.37. The van der Waals surface area contributed by atoms with Gasteiger partial charge in [-0.15, -0.1) is 0 Å². The number of carbonyl (C=O) groups is 1. The minimum atomic E-state index is -0.0288. The van der Waals surface area contributed by atoms with Crippen LogP contribution in [-0.4, -0.2) is 23.4 Å². The van der Waals surface area contributed by atoms with Crippen molar-refractivity contribution in [1.82, 2.24) is 4.90 Å². The molecule has 19 heavy (non-hydrogen) atoms. The number of rotatable bonds is 3. The van der Waals surface area contributed by atoms with Crippen molar-refractivity contribution in [2.45, 2.75) is 44.1 Å². The number of hydrogen-bond acceptors (Lipinski definition) is 2. The Morgan fingerprint density at radius 1 is 1.32 bits per heavy atom. The number of nitriles is 1. The lowest BCUT2D eigenvalue weighted by Gasteiger charge is -2.29. The van der Waals surface area contributed by atoms with Crippen LogP contribution >= 0.6 is 0 Å². The Morgan fingerprint density at radius 3 is 2.84 bits per heavy atom. The van der Waals surface area contributed by atoms with Gasteiger partial charge >= 0.3 is 0 Å². The molecule has 0 heterocycles. The van der Waals surface area contributed by atoms with E-state index >= 15 is 0 Å². The monoisotopic (exact) mass is 254 g/mol. The van der Waals surface area contributed by atoms with Crippen molar-refractivity contribution in [2.75, 3.05) is 6.54 Å². The third kappa shape index (κ3) is 2.35. The maximum absolute atomic E-state index is 12.7. The molecule has 0 unspecified atom stereocenters. The van der Waals surface area contributed by atoms with Crippen LogP contribution in [0.4, 0.5) is 0 Å². The number of nitrogens with zero attached hydrogens (tertiary/aromatic N) is 2. The van der Waals surface area contributed by atoms with Crippen LogP contribution in [0, 0.1) is 11.3 Å². The van der Waals surface area contributed by atoms with Crippen LogP contribution in [0.3, 0.4) is 0 Å². The molecule has 1 aromatic rings. The van der Waals surface area contributed by atoms with Crippen LogP contribution < -0.4 is 0 Å². The summed E-state index contributed by atoms with van der Waals surface area (Å²) in [5.74, 6) is 0.134. The van der Waals surface area contributed by atoms with Crippen molar-refractivity contribution >= 4 is 5.91 Å². The van der Waals surface area contributed by atoms with E-state index in [-0.39, 0.29) is 18.4 Å². The van der Waals surface area contributed by atoms with Gasteiger partial charge in [-0.05, 0) is 43.2 Å². The van der Waals surface area contributed by atoms with Crippen molar-refractivity contribution in [1.29, 1.82) is 5.26 Å². The Balaban J connectivity index is 1.86. The summed E-state index contributed by atoms with van der Waals surface area (Å²) in [4.78, 5) is 14.5. The molecule has 0 aromatic heterocycles.